The SMILES string of the molecule is CC1C2CNCC2CN1S(=O)(=O)C(F)(F)F. The van der Waals surface area contributed by atoms with Crippen LogP contribution in [0.15, 0.2) is 0 Å². The molecule has 0 aromatic heterocycles. The highest BCUT2D eigenvalue weighted by atomic mass is 32.2. The topological polar surface area (TPSA) is 49.4 Å². The number of alkyl halides is 3. The summed E-state index contributed by atoms with van der Waals surface area (Å²) in [4.78, 5) is 0. The van der Waals surface area contributed by atoms with E-state index in [1.54, 1.807) is 6.92 Å². The molecule has 0 aromatic carbocycles. The monoisotopic (exact) mass is 258 g/mol. The maximum Gasteiger partial charge on any atom is 0.511 e. The van der Waals surface area contributed by atoms with E-state index in [0.717, 1.165) is 0 Å². The predicted molar refractivity (Wildman–Crippen MR) is 51.0 cm³/mol. The molecule has 3 atom stereocenters. The maximum absolute atomic E-state index is 12.4. The molecule has 0 amide bonds. The lowest BCUT2D eigenvalue weighted by atomic mass is 9.95. The Labute approximate surface area is 91.8 Å². The van der Waals surface area contributed by atoms with Crippen molar-refractivity contribution >= 4 is 10.0 Å². The summed E-state index contributed by atoms with van der Waals surface area (Å²) in [5, 5.41) is 3.06. The van der Waals surface area contributed by atoms with Crippen LogP contribution >= 0.6 is 0 Å². The predicted octanol–water partition coefficient (Wildman–Crippen LogP) is 0.376. The molecule has 0 radical (unpaired) electrons. The van der Waals surface area contributed by atoms with Crippen LogP contribution in [0, 0.1) is 11.8 Å². The van der Waals surface area contributed by atoms with Crippen molar-refractivity contribution in [1.82, 2.24) is 9.62 Å². The first-order chi connectivity index (χ1) is 7.25. The molecule has 16 heavy (non-hydrogen) atoms. The lowest BCUT2D eigenvalue weighted by Gasteiger charge is -2.24. The van der Waals surface area contributed by atoms with E-state index in [9.17, 15) is 21.6 Å². The van der Waals surface area contributed by atoms with Crippen molar-refractivity contribution in [2.75, 3.05) is 19.6 Å². The summed E-state index contributed by atoms with van der Waals surface area (Å²) in [6, 6.07) is -0.577. The highest BCUT2D eigenvalue weighted by molar-refractivity contribution is 7.90. The first kappa shape index (κ1) is 12.1. The van der Waals surface area contributed by atoms with E-state index in [-0.39, 0.29) is 18.4 Å². The molecule has 0 aliphatic carbocycles. The van der Waals surface area contributed by atoms with Crippen LogP contribution in [0.25, 0.3) is 0 Å². The second-order valence-electron chi connectivity index (χ2n) is 4.34. The molecule has 4 nitrogen and oxygen atoms in total. The fraction of sp³-hybridized carbons (Fsp3) is 1.00. The number of halogens is 3. The van der Waals surface area contributed by atoms with Gasteiger partial charge in [-0.3, -0.25) is 0 Å². The van der Waals surface area contributed by atoms with Crippen molar-refractivity contribution in [3.63, 3.8) is 0 Å². The maximum atomic E-state index is 12.4. The first-order valence-corrected chi connectivity index (χ1v) is 6.48. The average Bonchev–Trinajstić information content (AvgIpc) is 2.67. The van der Waals surface area contributed by atoms with Gasteiger partial charge in [-0.15, -0.1) is 0 Å². The Bertz CT molecular complexity index is 381. The van der Waals surface area contributed by atoms with Gasteiger partial charge >= 0.3 is 15.5 Å². The molecule has 2 aliphatic rings. The lowest BCUT2D eigenvalue weighted by Crippen LogP contribution is -2.44. The Kier molecular flexibility index (Phi) is 2.71. The molecule has 2 heterocycles. The van der Waals surface area contributed by atoms with E-state index in [1.165, 1.54) is 0 Å². The van der Waals surface area contributed by atoms with Gasteiger partial charge in [-0.2, -0.15) is 17.5 Å². The van der Waals surface area contributed by atoms with Gasteiger partial charge in [-0.1, -0.05) is 0 Å². The summed E-state index contributed by atoms with van der Waals surface area (Å²) >= 11 is 0. The number of nitrogens with zero attached hydrogens (tertiary/aromatic N) is 1. The van der Waals surface area contributed by atoms with Crippen LogP contribution in [-0.4, -0.2) is 43.9 Å². The van der Waals surface area contributed by atoms with Crippen molar-refractivity contribution in [2.24, 2.45) is 11.8 Å². The van der Waals surface area contributed by atoms with E-state index in [4.69, 9.17) is 0 Å². The van der Waals surface area contributed by atoms with Crippen LogP contribution in [0.3, 0.4) is 0 Å². The van der Waals surface area contributed by atoms with Crippen LogP contribution in [0.1, 0.15) is 6.92 Å². The summed E-state index contributed by atoms with van der Waals surface area (Å²) in [6.07, 6.45) is 0. The van der Waals surface area contributed by atoms with Gasteiger partial charge in [0.15, 0.2) is 0 Å². The number of nitrogens with one attached hydrogen (secondary N) is 1. The second-order valence-corrected chi connectivity index (χ2v) is 6.23. The zero-order valence-corrected chi connectivity index (χ0v) is 9.48. The van der Waals surface area contributed by atoms with E-state index < -0.39 is 21.6 Å². The molecular weight excluding hydrogens is 245 g/mol. The van der Waals surface area contributed by atoms with Crippen LogP contribution in [0.2, 0.25) is 0 Å². The van der Waals surface area contributed by atoms with Crippen molar-refractivity contribution in [1.29, 1.82) is 0 Å². The molecule has 2 aliphatic heterocycles. The molecule has 0 saturated carbocycles. The van der Waals surface area contributed by atoms with Crippen molar-refractivity contribution < 1.29 is 21.6 Å². The minimum atomic E-state index is -5.19. The number of fused-ring (bicyclic) bond motifs is 1. The number of hydrogen-bond donors (Lipinski definition) is 1. The zero-order chi connectivity index (χ0) is 12.1. The van der Waals surface area contributed by atoms with Gasteiger partial charge in [0.1, 0.15) is 0 Å². The Morgan fingerprint density at radius 3 is 2.44 bits per heavy atom. The number of sulfonamides is 1. The molecule has 94 valence electrons. The minimum absolute atomic E-state index is 0.00266. The van der Waals surface area contributed by atoms with E-state index in [0.29, 0.717) is 17.4 Å². The number of rotatable bonds is 1. The third-order valence-electron chi connectivity index (χ3n) is 3.48. The second kappa shape index (κ2) is 3.58. The van der Waals surface area contributed by atoms with Crippen LogP contribution in [0.4, 0.5) is 13.2 Å². The highest BCUT2D eigenvalue weighted by Gasteiger charge is 2.56. The summed E-state index contributed by atoms with van der Waals surface area (Å²) in [5.74, 6) is 0.00394. The largest absolute Gasteiger partial charge is 0.511 e. The van der Waals surface area contributed by atoms with Crippen molar-refractivity contribution in [3.05, 3.63) is 0 Å². The van der Waals surface area contributed by atoms with Gasteiger partial charge in [0, 0.05) is 12.6 Å². The molecule has 0 spiro atoms. The molecule has 0 bridgehead atoms. The van der Waals surface area contributed by atoms with E-state index in [2.05, 4.69) is 5.32 Å². The molecule has 0 aromatic rings. The quantitative estimate of drug-likeness (QED) is 0.739. The highest BCUT2D eigenvalue weighted by Crippen LogP contribution is 2.38. The molecule has 8 heteroatoms. The molecule has 2 saturated heterocycles. The fourth-order valence-corrected chi connectivity index (χ4v) is 3.83. The fourth-order valence-electron chi connectivity index (χ4n) is 2.58. The van der Waals surface area contributed by atoms with Gasteiger partial charge in [0.2, 0.25) is 0 Å². The third-order valence-corrected chi connectivity index (χ3v) is 5.17. The summed E-state index contributed by atoms with van der Waals surface area (Å²) in [7, 11) is -5.16. The van der Waals surface area contributed by atoms with E-state index in [1.807, 2.05) is 0 Å². The van der Waals surface area contributed by atoms with Gasteiger partial charge in [0.05, 0.1) is 0 Å². The standard InChI is InChI=1S/C8H13F3N2O2S/c1-5-7-3-12-2-6(7)4-13(5)16(14,15)8(9,10)11/h5-7,12H,2-4H2,1H3. The normalized spacial score (nSPS) is 36.6. The molecule has 2 rings (SSSR count). The van der Waals surface area contributed by atoms with Gasteiger partial charge < -0.3 is 5.32 Å². The average molecular weight is 258 g/mol. The zero-order valence-electron chi connectivity index (χ0n) is 8.66. The Morgan fingerprint density at radius 2 is 1.94 bits per heavy atom. The van der Waals surface area contributed by atoms with Crippen LogP contribution in [0.5, 0.6) is 0 Å². The molecule has 2 fully saturated rings. The third kappa shape index (κ3) is 1.63. The van der Waals surface area contributed by atoms with Gasteiger partial charge in [0.25, 0.3) is 0 Å². The van der Waals surface area contributed by atoms with Gasteiger partial charge in [-0.05, 0) is 31.8 Å². The van der Waals surface area contributed by atoms with Crippen molar-refractivity contribution in [3.8, 4) is 0 Å². The Balaban J connectivity index is 2.25. The summed E-state index contributed by atoms with van der Waals surface area (Å²) < 4.78 is 60.3. The minimum Gasteiger partial charge on any atom is -0.316 e. The summed E-state index contributed by atoms with van der Waals surface area (Å²) in [5.41, 5.74) is -5.19. The Hall–Kier alpha value is -0.340. The Morgan fingerprint density at radius 1 is 1.31 bits per heavy atom. The van der Waals surface area contributed by atoms with Crippen LogP contribution in [-0.2, 0) is 10.0 Å². The molecular formula is C8H13F3N2O2S. The first-order valence-electron chi connectivity index (χ1n) is 5.04. The molecule has 1 N–H and O–H groups in total. The van der Waals surface area contributed by atoms with Crippen molar-refractivity contribution in [2.45, 2.75) is 18.5 Å². The lowest BCUT2D eigenvalue weighted by molar-refractivity contribution is -0.0493. The molecule has 3 unspecified atom stereocenters. The number of hydrogen-bond acceptors (Lipinski definition) is 3. The smallest absolute Gasteiger partial charge is 0.316 e. The van der Waals surface area contributed by atoms with E-state index >= 15 is 0 Å². The van der Waals surface area contributed by atoms with Gasteiger partial charge in [-0.25, -0.2) is 8.42 Å². The summed E-state index contributed by atoms with van der Waals surface area (Å²) in [6.45, 7) is 2.70. The van der Waals surface area contributed by atoms with Crippen LogP contribution < -0.4 is 5.32 Å².